The largest absolute Gasteiger partial charge is 0.468 e. The average Bonchev–Trinajstić information content (AvgIpc) is 2.87. The summed E-state index contributed by atoms with van der Waals surface area (Å²) < 4.78 is 9.72. The van der Waals surface area contributed by atoms with Crippen LogP contribution in [-0.4, -0.2) is 30.9 Å². The zero-order chi connectivity index (χ0) is 13.8. The van der Waals surface area contributed by atoms with E-state index in [9.17, 15) is 9.59 Å². The fraction of sp³-hybridized carbons (Fsp3) is 0.231. The first kappa shape index (κ1) is 13.4. The van der Waals surface area contributed by atoms with Crippen molar-refractivity contribution in [2.45, 2.75) is 5.38 Å². The van der Waals surface area contributed by atoms with E-state index in [4.69, 9.17) is 16.0 Å². The van der Waals surface area contributed by atoms with Gasteiger partial charge in [-0.05, 0) is 6.07 Å². The third kappa shape index (κ3) is 2.88. The van der Waals surface area contributed by atoms with E-state index in [0.29, 0.717) is 16.5 Å². The van der Waals surface area contributed by atoms with Crippen molar-refractivity contribution in [3.05, 3.63) is 36.1 Å². The number of ether oxygens (including phenoxy) is 1. The molecule has 2 rings (SSSR count). The number of halogens is 1. The molecule has 6 heteroatoms. The van der Waals surface area contributed by atoms with Gasteiger partial charge in [0.25, 0.3) is 5.91 Å². The van der Waals surface area contributed by atoms with Crippen molar-refractivity contribution in [1.82, 2.24) is 5.32 Å². The Morgan fingerprint density at radius 1 is 1.42 bits per heavy atom. The van der Waals surface area contributed by atoms with Crippen LogP contribution in [0.15, 0.2) is 34.9 Å². The number of esters is 1. The fourth-order valence-electron chi connectivity index (χ4n) is 1.64. The first-order valence-electron chi connectivity index (χ1n) is 5.60. The lowest BCUT2D eigenvalue weighted by Gasteiger charge is -2.08. The van der Waals surface area contributed by atoms with Crippen LogP contribution in [0, 0.1) is 0 Å². The first-order valence-corrected chi connectivity index (χ1v) is 6.03. The Labute approximate surface area is 114 Å². The van der Waals surface area contributed by atoms with Gasteiger partial charge in [-0.15, -0.1) is 11.6 Å². The highest BCUT2D eigenvalue weighted by Crippen LogP contribution is 2.20. The molecule has 5 nitrogen and oxygen atoms in total. The predicted octanol–water partition coefficient (Wildman–Crippen LogP) is 1.94. The molecule has 1 unspecified atom stereocenters. The van der Waals surface area contributed by atoms with Crippen LogP contribution in [0.2, 0.25) is 0 Å². The number of hydrogen-bond acceptors (Lipinski definition) is 4. The van der Waals surface area contributed by atoms with Gasteiger partial charge in [0.05, 0.1) is 12.7 Å². The Morgan fingerprint density at radius 3 is 2.89 bits per heavy atom. The van der Waals surface area contributed by atoms with E-state index < -0.39 is 11.3 Å². The third-order valence-corrected chi connectivity index (χ3v) is 2.96. The summed E-state index contributed by atoms with van der Waals surface area (Å²) in [6.45, 7) is -0.00737. The summed E-state index contributed by atoms with van der Waals surface area (Å²) in [4.78, 5) is 23.1. The van der Waals surface area contributed by atoms with Crippen molar-refractivity contribution in [1.29, 1.82) is 0 Å². The smallest absolute Gasteiger partial charge is 0.325 e. The number of rotatable bonds is 4. The van der Waals surface area contributed by atoms with E-state index in [2.05, 4.69) is 10.1 Å². The molecule has 2 aromatic rings. The average molecular weight is 282 g/mol. The van der Waals surface area contributed by atoms with Crippen LogP contribution in [-0.2, 0) is 9.53 Å². The van der Waals surface area contributed by atoms with Crippen LogP contribution in [0.3, 0.4) is 0 Å². The number of nitrogens with one attached hydrogen (secondary N) is 1. The second kappa shape index (κ2) is 5.75. The van der Waals surface area contributed by atoms with E-state index in [1.165, 1.54) is 13.4 Å². The minimum absolute atomic E-state index is 0.00737. The van der Waals surface area contributed by atoms with Gasteiger partial charge in [0.15, 0.2) is 0 Å². The Bertz CT molecular complexity index is 607. The molecule has 0 fully saturated rings. The molecule has 1 atom stereocenters. The maximum absolute atomic E-state index is 12.0. The van der Waals surface area contributed by atoms with Gasteiger partial charge in [-0.2, -0.15) is 0 Å². The van der Waals surface area contributed by atoms with Crippen molar-refractivity contribution in [3.8, 4) is 0 Å². The van der Waals surface area contributed by atoms with Crippen LogP contribution >= 0.6 is 11.6 Å². The third-order valence-electron chi connectivity index (χ3n) is 2.62. The number of methoxy groups -OCH3 is 1. The molecule has 1 amide bonds. The van der Waals surface area contributed by atoms with Gasteiger partial charge in [0.1, 0.15) is 17.2 Å². The van der Waals surface area contributed by atoms with Crippen LogP contribution in [0.4, 0.5) is 0 Å². The first-order chi connectivity index (χ1) is 9.13. The number of carbonyl (C=O) groups is 2. The molecule has 1 aromatic heterocycles. The maximum Gasteiger partial charge on any atom is 0.325 e. The van der Waals surface area contributed by atoms with E-state index in [0.717, 1.165) is 0 Å². The topological polar surface area (TPSA) is 68.5 Å². The van der Waals surface area contributed by atoms with Crippen LogP contribution < -0.4 is 5.32 Å². The Balaban J connectivity index is 2.06. The molecular weight excluding hydrogens is 270 g/mol. The molecule has 0 saturated carbocycles. The number of para-hydroxylation sites is 1. The molecule has 0 aliphatic carbocycles. The maximum atomic E-state index is 12.0. The molecular formula is C13H12ClNO4. The monoisotopic (exact) mass is 281 g/mol. The van der Waals surface area contributed by atoms with Crippen molar-refractivity contribution in [2.75, 3.05) is 13.7 Å². The molecule has 100 valence electrons. The second-order valence-electron chi connectivity index (χ2n) is 3.85. The highest BCUT2D eigenvalue weighted by atomic mass is 35.5. The summed E-state index contributed by atoms with van der Waals surface area (Å²) in [5.74, 6) is -0.932. The molecule has 1 aromatic carbocycles. The number of fused-ring (bicyclic) bond motifs is 1. The van der Waals surface area contributed by atoms with Crippen molar-refractivity contribution in [3.63, 3.8) is 0 Å². The normalized spacial score (nSPS) is 12.1. The highest BCUT2D eigenvalue weighted by Gasteiger charge is 2.18. The number of benzene rings is 1. The van der Waals surface area contributed by atoms with Crippen molar-refractivity contribution in [2.24, 2.45) is 0 Å². The van der Waals surface area contributed by atoms with Crippen LogP contribution in [0.1, 0.15) is 10.4 Å². The highest BCUT2D eigenvalue weighted by molar-refractivity contribution is 6.30. The fourth-order valence-corrected chi connectivity index (χ4v) is 1.81. The Morgan fingerprint density at radius 2 is 2.16 bits per heavy atom. The molecule has 0 aliphatic rings. The molecule has 19 heavy (non-hydrogen) atoms. The lowest BCUT2D eigenvalue weighted by molar-refractivity contribution is -0.140. The number of amides is 1. The number of furan rings is 1. The predicted molar refractivity (Wildman–Crippen MR) is 70.2 cm³/mol. The molecule has 1 heterocycles. The van der Waals surface area contributed by atoms with Crippen molar-refractivity contribution >= 4 is 34.4 Å². The summed E-state index contributed by atoms with van der Waals surface area (Å²) in [5, 5.41) is 2.36. The van der Waals surface area contributed by atoms with E-state index >= 15 is 0 Å². The standard InChI is InChI=1S/C13H12ClNO4/c1-18-13(17)10(14)6-15-12(16)9-7-19-11-5-3-2-4-8(9)11/h2-5,7,10H,6H2,1H3,(H,15,16). The summed E-state index contributed by atoms with van der Waals surface area (Å²) in [5.41, 5.74) is 1.03. The number of alkyl halides is 1. The summed E-state index contributed by atoms with van der Waals surface area (Å²) >= 11 is 5.74. The SMILES string of the molecule is COC(=O)C(Cl)CNC(=O)c1coc2ccccc12. The summed E-state index contributed by atoms with van der Waals surface area (Å²) in [6.07, 6.45) is 1.38. The summed E-state index contributed by atoms with van der Waals surface area (Å²) in [7, 11) is 1.24. The molecule has 0 aliphatic heterocycles. The number of hydrogen-bond donors (Lipinski definition) is 1. The Hall–Kier alpha value is -2.01. The Kier molecular flexibility index (Phi) is 4.06. The summed E-state index contributed by atoms with van der Waals surface area (Å²) in [6, 6.07) is 7.18. The van der Waals surface area contributed by atoms with Crippen LogP contribution in [0.5, 0.6) is 0 Å². The van der Waals surface area contributed by atoms with Crippen molar-refractivity contribution < 1.29 is 18.7 Å². The van der Waals surface area contributed by atoms with Crippen LogP contribution in [0.25, 0.3) is 11.0 Å². The molecule has 0 radical (unpaired) electrons. The molecule has 0 saturated heterocycles. The van der Waals surface area contributed by atoms with E-state index in [1.807, 2.05) is 12.1 Å². The molecule has 1 N–H and O–H groups in total. The van der Waals surface area contributed by atoms with Gasteiger partial charge in [0.2, 0.25) is 0 Å². The zero-order valence-electron chi connectivity index (χ0n) is 10.2. The van der Waals surface area contributed by atoms with Gasteiger partial charge in [-0.1, -0.05) is 18.2 Å². The zero-order valence-corrected chi connectivity index (χ0v) is 10.9. The van der Waals surface area contributed by atoms with E-state index in [-0.39, 0.29) is 12.5 Å². The van der Waals surface area contributed by atoms with Gasteiger partial charge >= 0.3 is 5.97 Å². The lowest BCUT2D eigenvalue weighted by atomic mass is 10.1. The minimum atomic E-state index is -0.910. The lowest BCUT2D eigenvalue weighted by Crippen LogP contribution is -2.34. The molecule has 0 spiro atoms. The van der Waals surface area contributed by atoms with Gasteiger partial charge in [-0.3, -0.25) is 9.59 Å². The minimum Gasteiger partial charge on any atom is -0.468 e. The van der Waals surface area contributed by atoms with Gasteiger partial charge < -0.3 is 14.5 Å². The van der Waals surface area contributed by atoms with Gasteiger partial charge in [-0.25, -0.2) is 0 Å². The second-order valence-corrected chi connectivity index (χ2v) is 4.37. The number of carbonyl (C=O) groups excluding carboxylic acids is 2. The van der Waals surface area contributed by atoms with Gasteiger partial charge in [0, 0.05) is 11.9 Å². The van der Waals surface area contributed by atoms with E-state index in [1.54, 1.807) is 12.1 Å². The quantitative estimate of drug-likeness (QED) is 0.687. The molecule has 0 bridgehead atoms.